The molecule has 33 heavy (non-hydrogen) atoms. The van der Waals surface area contributed by atoms with E-state index in [0.29, 0.717) is 13.1 Å². The number of rotatable bonds is 15. The summed E-state index contributed by atoms with van der Waals surface area (Å²) in [6, 6.07) is 8.10. The fourth-order valence-corrected chi connectivity index (χ4v) is 3.97. The van der Waals surface area contributed by atoms with Crippen LogP contribution in [0.25, 0.3) is 6.08 Å². The molecule has 1 aromatic carbocycles. The summed E-state index contributed by atoms with van der Waals surface area (Å²) in [5.74, 6) is 1.07. The number of imidazole rings is 1. The Hall–Kier alpha value is -2.61. The number of nitrogens with zero attached hydrogens (tertiary/aromatic N) is 4. The summed E-state index contributed by atoms with van der Waals surface area (Å²) < 4.78 is 2.04. The molecule has 0 bridgehead atoms. The van der Waals surface area contributed by atoms with Gasteiger partial charge >= 0.3 is 0 Å². The number of aliphatic imine (C=N–C) groups is 1. The Morgan fingerprint density at radius 1 is 1.12 bits per heavy atom. The van der Waals surface area contributed by atoms with Crippen LogP contribution in [0.1, 0.15) is 25.3 Å². The minimum atomic E-state index is 0.0651. The van der Waals surface area contributed by atoms with E-state index in [9.17, 15) is 0 Å². The number of hydrogen-bond acceptors (Lipinski definition) is 6. The molecule has 0 aliphatic carbocycles. The summed E-state index contributed by atoms with van der Waals surface area (Å²) >= 11 is 1.79. The monoisotopic (exact) mass is 468 g/mol. The van der Waals surface area contributed by atoms with E-state index in [-0.39, 0.29) is 13.2 Å². The van der Waals surface area contributed by atoms with Crippen molar-refractivity contribution in [2.75, 3.05) is 43.5 Å². The second kappa shape index (κ2) is 16.1. The van der Waals surface area contributed by atoms with Crippen LogP contribution in [0, 0.1) is 0 Å². The number of aliphatic hydroxyl groups excluding tert-OH is 2. The second-order valence-electron chi connectivity index (χ2n) is 7.59. The summed E-state index contributed by atoms with van der Waals surface area (Å²) in [4.78, 5) is 10.7. The van der Waals surface area contributed by atoms with Crippen LogP contribution in [0.15, 0.2) is 76.7 Å². The lowest BCUT2D eigenvalue weighted by atomic mass is 10.1. The third-order valence-electron chi connectivity index (χ3n) is 4.89. The van der Waals surface area contributed by atoms with E-state index in [1.807, 2.05) is 71.5 Å². The molecular formula is C26H36N4O2S. The van der Waals surface area contributed by atoms with Gasteiger partial charge in [0.1, 0.15) is 0 Å². The molecule has 0 radical (unpaired) electrons. The molecule has 0 amide bonds. The molecular weight excluding hydrogens is 432 g/mol. The van der Waals surface area contributed by atoms with Crippen molar-refractivity contribution in [3.63, 3.8) is 0 Å². The van der Waals surface area contributed by atoms with Crippen molar-refractivity contribution in [3.8, 4) is 0 Å². The molecule has 0 unspecified atom stereocenters. The first-order valence-corrected chi connectivity index (χ1v) is 12.3. The largest absolute Gasteiger partial charge is 0.395 e. The molecule has 0 saturated carbocycles. The zero-order valence-electron chi connectivity index (χ0n) is 19.7. The van der Waals surface area contributed by atoms with Crippen molar-refractivity contribution in [3.05, 3.63) is 72.1 Å². The van der Waals surface area contributed by atoms with Gasteiger partial charge in [0.15, 0.2) is 5.16 Å². The molecule has 0 aliphatic rings. The molecule has 2 aromatic rings. The molecule has 1 heterocycles. The lowest BCUT2D eigenvalue weighted by Gasteiger charge is -2.22. The highest BCUT2D eigenvalue weighted by Crippen LogP contribution is 2.17. The third kappa shape index (κ3) is 10.7. The van der Waals surface area contributed by atoms with Crippen LogP contribution >= 0.6 is 11.8 Å². The Kier molecular flexibility index (Phi) is 13.0. The zero-order valence-corrected chi connectivity index (χ0v) is 20.5. The van der Waals surface area contributed by atoms with Crippen molar-refractivity contribution in [1.29, 1.82) is 0 Å². The Morgan fingerprint density at radius 3 is 2.55 bits per heavy atom. The minimum absolute atomic E-state index is 0.0651. The maximum atomic E-state index is 9.17. The van der Waals surface area contributed by atoms with Crippen molar-refractivity contribution < 1.29 is 10.2 Å². The number of aromatic nitrogens is 2. The number of benzene rings is 1. The van der Waals surface area contributed by atoms with Crippen LogP contribution in [-0.2, 0) is 7.05 Å². The average Bonchev–Trinajstić information content (AvgIpc) is 3.23. The van der Waals surface area contributed by atoms with Gasteiger partial charge in [-0.15, -0.1) is 0 Å². The normalized spacial score (nSPS) is 12.5. The summed E-state index contributed by atoms with van der Waals surface area (Å²) in [5.41, 5.74) is 3.25. The highest BCUT2D eigenvalue weighted by atomic mass is 32.2. The van der Waals surface area contributed by atoms with Gasteiger partial charge in [-0.2, -0.15) is 0 Å². The van der Waals surface area contributed by atoms with Crippen molar-refractivity contribution in [2.24, 2.45) is 12.0 Å². The zero-order chi connectivity index (χ0) is 23.7. The lowest BCUT2D eigenvalue weighted by molar-refractivity contribution is 0.281. The molecule has 6 nitrogen and oxygen atoms in total. The predicted octanol–water partition coefficient (Wildman–Crippen LogP) is 4.37. The topological polar surface area (TPSA) is 73.9 Å². The highest BCUT2D eigenvalue weighted by molar-refractivity contribution is 7.99. The van der Waals surface area contributed by atoms with Crippen LogP contribution in [0.4, 0.5) is 5.69 Å². The third-order valence-corrected chi connectivity index (χ3v) is 6.03. The number of hydrogen-bond donors (Lipinski definition) is 2. The quantitative estimate of drug-likeness (QED) is 0.176. The molecule has 2 N–H and O–H groups in total. The number of thioether (sulfide) groups is 1. The first kappa shape index (κ1) is 26.6. The highest BCUT2D eigenvalue weighted by Gasteiger charge is 2.04. The summed E-state index contributed by atoms with van der Waals surface area (Å²) in [7, 11) is 2.02. The molecule has 0 saturated heterocycles. The Morgan fingerprint density at radius 2 is 1.88 bits per heavy atom. The Labute approximate surface area is 202 Å². The van der Waals surface area contributed by atoms with Crippen LogP contribution in [0.3, 0.4) is 0 Å². The smallest absolute Gasteiger partial charge is 0.167 e. The van der Waals surface area contributed by atoms with Gasteiger partial charge in [-0.25, -0.2) is 4.98 Å². The summed E-state index contributed by atoms with van der Waals surface area (Å²) in [5, 5.41) is 19.4. The summed E-state index contributed by atoms with van der Waals surface area (Å²) in [6.07, 6.45) is 18.1. The molecule has 1 aromatic heterocycles. The Bertz CT molecular complexity index is 911. The Balaban J connectivity index is 1.67. The van der Waals surface area contributed by atoms with Gasteiger partial charge in [-0.3, -0.25) is 4.99 Å². The standard InChI is InChI=1S/C26H36N4O2S/c1-23(8-9-24-10-12-25(13-11-24)30(18-20-31)19-21-32)7-3-4-14-27-15-5-6-22-33-26-28-16-17-29(26)2/h3-4,7-14,16-17,31-32H,5-6,15,18-22H2,1-2H3/b4-3-,9-8+,23-7+,27-14+. The van der Waals surface area contributed by atoms with Gasteiger partial charge in [0, 0.05) is 56.7 Å². The van der Waals surface area contributed by atoms with E-state index in [4.69, 9.17) is 10.2 Å². The van der Waals surface area contributed by atoms with E-state index in [0.717, 1.165) is 47.1 Å². The van der Waals surface area contributed by atoms with Gasteiger partial charge < -0.3 is 19.7 Å². The summed E-state index contributed by atoms with van der Waals surface area (Å²) in [6.45, 7) is 4.07. The van der Waals surface area contributed by atoms with Gasteiger partial charge in [-0.1, -0.05) is 53.8 Å². The molecule has 7 heteroatoms. The first-order chi connectivity index (χ1) is 16.1. The number of unbranched alkanes of at least 4 members (excludes halogenated alkanes) is 1. The van der Waals surface area contributed by atoms with Gasteiger partial charge in [0.05, 0.1) is 13.2 Å². The van der Waals surface area contributed by atoms with E-state index in [2.05, 4.69) is 35.1 Å². The molecule has 178 valence electrons. The van der Waals surface area contributed by atoms with Crippen LogP contribution < -0.4 is 4.90 Å². The molecule has 0 aliphatic heterocycles. The van der Waals surface area contributed by atoms with Gasteiger partial charge in [-0.05, 0) is 43.5 Å². The molecule has 0 spiro atoms. The first-order valence-electron chi connectivity index (χ1n) is 11.3. The van der Waals surface area contributed by atoms with E-state index < -0.39 is 0 Å². The second-order valence-corrected chi connectivity index (χ2v) is 8.65. The number of allylic oxidation sites excluding steroid dienone is 5. The molecule has 0 fully saturated rings. The average molecular weight is 469 g/mol. The number of aryl methyl sites for hydroxylation is 1. The van der Waals surface area contributed by atoms with Crippen LogP contribution in [0.5, 0.6) is 0 Å². The number of aliphatic hydroxyl groups is 2. The molecule has 2 rings (SSSR count). The van der Waals surface area contributed by atoms with Crippen molar-refractivity contribution >= 4 is 29.7 Å². The van der Waals surface area contributed by atoms with Gasteiger partial charge in [0.25, 0.3) is 0 Å². The van der Waals surface area contributed by atoms with Gasteiger partial charge in [0.2, 0.25) is 0 Å². The lowest BCUT2D eigenvalue weighted by Crippen LogP contribution is -2.29. The van der Waals surface area contributed by atoms with E-state index in [1.54, 1.807) is 11.8 Å². The predicted molar refractivity (Wildman–Crippen MR) is 141 cm³/mol. The maximum absolute atomic E-state index is 9.17. The fraction of sp³-hybridized carbons (Fsp3) is 0.385. The van der Waals surface area contributed by atoms with Crippen LogP contribution in [-0.4, -0.2) is 64.6 Å². The van der Waals surface area contributed by atoms with Crippen molar-refractivity contribution in [2.45, 2.75) is 24.9 Å². The van der Waals surface area contributed by atoms with E-state index in [1.165, 1.54) is 0 Å². The van der Waals surface area contributed by atoms with Crippen LogP contribution in [0.2, 0.25) is 0 Å². The fourth-order valence-electron chi connectivity index (χ4n) is 3.04. The van der Waals surface area contributed by atoms with E-state index >= 15 is 0 Å². The minimum Gasteiger partial charge on any atom is -0.395 e. The number of anilines is 1. The maximum Gasteiger partial charge on any atom is 0.167 e. The SMILES string of the molecule is CC(/C=C/c1ccc(N(CCO)CCO)cc1)=C\C=C/C=N/CCCCSc1nccn1C. The molecule has 0 atom stereocenters. The van der Waals surface area contributed by atoms with Crippen molar-refractivity contribution in [1.82, 2.24) is 9.55 Å².